The minimum atomic E-state index is -0.626. The second kappa shape index (κ2) is 8.07. The van der Waals surface area contributed by atoms with Crippen molar-refractivity contribution >= 4 is 62.6 Å². The monoisotopic (exact) mass is 458 g/mol. The molecule has 0 radical (unpaired) electrons. The zero-order valence-electron chi connectivity index (χ0n) is 16.4. The van der Waals surface area contributed by atoms with Crippen LogP contribution in [0.15, 0.2) is 47.1 Å². The van der Waals surface area contributed by atoms with Gasteiger partial charge in [-0.3, -0.25) is 14.6 Å². The number of carbonyl (C=O) groups excluding carboxylic acids is 2. The molecule has 31 heavy (non-hydrogen) atoms. The van der Waals surface area contributed by atoms with Crippen molar-refractivity contribution in [3.63, 3.8) is 0 Å². The number of anilines is 1. The van der Waals surface area contributed by atoms with Crippen LogP contribution in [0.5, 0.6) is 5.75 Å². The molecule has 0 aliphatic carbocycles. The molecule has 0 fully saturated rings. The summed E-state index contributed by atoms with van der Waals surface area (Å²) < 4.78 is 11.2. The fourth-order valence-corrected chi connectivity index (χ4v) is 3.95. The number of amides is 2. The lowest BCUT2D eigenvalue weighted by Gasteiger charge is -2.23. The highest BCUT2D eigenvalue weighted by molar-refractivity contribution is 6.40. The first kappa shape index (κ1) is 20.9. The standard InChI is InChI=1S/C21H16Cl2N4O4/c1-25-27(18-13(22)8-26-9-14(18)23)21(29)10-3-5-15-12(7-10)17-11(20(24)28)4-6-16(30-2)19(17)31-15/h3-9,25H,1-2H3,(H2,24,28). The van der Waals surface area contributed by atoms with Crippen molar-refractivity contribution in [3.05, 3.63) is 63.9 Å². The van der Waals surface area contributed by atoms with E-state index in [2.05, 4.69) is 10.4 Å². The van der Waals surface area contributed by atoms with Crippen molar-refractivity contribution < 1.29 is 18.7 Å². The number of aromatic nitrogens is 1. The third-order valence-corrected chi connectivity index (χ3v) is 5.35. The van der Waals surface area contributed by atoms with E-state index in [1.54, 1.807) is 37.4 Å². The number of carbonyl (C=O) groups is 2. The molecule has 10 heteroatoms. The Kier molecular flexibility index (Phi) is 5.45. The number of nitrogens with two attached hydrogens (primary N) is 1. The number of rotatable bonds is 5. The quantitative estimate of drug-likeness (QED) is 0.434. The number of ether oxygens (including phenoxy) is 1. The fourth-order valence-electron chi connectivity index (χ4n) is 3.42. The van der Waals surface area contributed by atoms with Gasteiger partial charge in [-0.15, -0.1) is 0 Å². The number of nitrogens with one attached hydrogen (secondary N) is 1. The number of hydrogen-bond acceptors (Lipinski definition) is 6. The Morgan fingerprint density at radius 2 is 1.87 bits per heavy atom. The van der Waals surface area contributed by atoms with Crippen molar-refractivity contribution in [3.8, 4) is 5.75 Å². The molecule has 3 N–H and O–H groups in total. The summed E-state index contributed by atoms with van der Waals surface area (Å²) in [5.74, 6) is -0.618. The number of fused-ring (bicyclic) bond motifs is 3. The molecule has 0 aliphatic rings. The molecule has 4 aromatic rings. The number of halogens is 2. The lowest BCUT2D eigenvalue weighted by atomic mass is 10.0. The highest BCUT2D eigenvalue weighted by Gasteiger charge is 2.24. The van der Waals surface area contributed by atoms with E-state index in [9.17, 15) is 9.59 Å². The average molecular weight is 459 g/mol. The molecule has 0 spiro atoms. The SMILES string of the molecule is CNN(C(=O)c1ccc2oc3c(OC)ccc(C(N)=O)c3c2c1)c1c(Cl)cncc1Cl. The lowest BCUT2D eigenvalue weighted by Crippen LogP contribution is -2.41. The molecule has 0 atom stereocenters. The Morgan fingerprint density at radius 3 is 2.48 bits per heavy atom. The number of methoxy groups -OCH3 is 1. The summed E-state index contributed by atoms with van der Waals surface area (Å²) in [7, 11) is 3.06. The predicted molar refractivity (Wildman–Crippen MR) is 119 cm³/mol. The Bertz CT molecular complexity index is 1330. The van der Waals surface area contributed by atoms with Crippen molar-refractivity contribution in [2.45, 2.75) is 0 Å². The summed E-state index contributed by atoms with van der Waals surface area (Å²) in [4.78, 5) is 29.2. The van der Waals surface area contributed by atoms with Crippen molar-refractivity contribution in [2.75, 3.05) is 19.2 Å². The molecule has 0 saturated carbocycles. The number of benzene rings is 2. The van der Waals surface area contributed by atoms with Gasteiger partial charge in [-0.25, -0.2) is 10.4 Å². The maximum absolute atomic E-state index is 13.3. The number of hydrogen-bond donors (Lipinski definition) is 2. The smallest absolute Gasteiger partial charge is 0.272 e. The van der Waals surface area contributed by atoms with Gasteiger partial charge in [0.25, 0.3) is 5.91 Å². The molecule has 2 aromatic heterocycles. The van der Waals surface area contributed by atoms with Crippen LogP contribution in [0.4, 0.5) is 5.69 Å². The van der Waals surface area contributed by atoms with Gasteiger partial charge in [0, 0.05) is 35.8 Å². The Labute approximate surface area is 186 Å². The van der Waals surface area contributed by atoms with Gasteiger partial charge in [0.05, 0.1) is 22.7 Å². The third-order valence-electron chi connectivity index (χ3n) is 4.79. The summed E-state index contributed by atoms with van der Waals surface area (Å²) in [6.07, 6.45) is 2.77. The summed E-state index contributed by atoms with van der Waals surface area (Å²) in [5, 5.41) is 2.62. The van der Waals surface area contributed by atoms with Crippen LogP contribution < -0.4 is 20.9 Å². The second-order valence-corrected chi connectivity index (χ2v) is 7.33. The van der Waals surface area contributed by atoms with Gasteiger partial charge in [-0.05, 0) is 30.3 Å². The van der Waals surface area contributed by atoms with Crippen LogP contribution in [0.25, 0.3) is 21.9 Å². The Balaban J connectivity index is 1.91. The molecular formula is C21H16Cl2N4O4. The molecule has 0 saturated heterocycles. The molecule has 4 rings (SSSR count). The molecule has 158 valence electrons. The zero-order chi connectivity index (χ0) is 22.3. The molecule has 2 heterocycles. The van der Waals surface area contributed by atoms with Gasteiger partial charge >= 0.3 is 0 Å². The van der Waals surface area contributed by atoms with Crippen LogP contribution in [-0.2, 0) is 0 Å². The summed E-state index contributed by atoms with van der Waals surface area (Å²) in [5.41, 5.74) is 10.0. The first-order valence-corrected chi connectivity index (χ1v) is 9.76. The number of pyridine rings is 1. The predicted octanol–water partition coefficient (Wildman–Crippen LogP) is 4.18. The topological polar surface area (TPSA) is 111 Å². The van der Waals surface area contributed by atoms with Crippen LogP contribution in [0, 0.1) is 0 Å². The number of primary amides is 1. The molecule has 0 unspecified atom stereocenters. The second-order valence-electron chi connectivity index (χ2n) is 6.51. The normalized spacial score (nSPS) is 11.1. The van der Waals surface area contributed by atoms with E-state index < -0.39 is 11.8 Å². The fraction of sp³-hybridized carbons (Fsp3) is 0.0952. The van der Waals surface area contributed by atoms with E-state index >= 15 is 0 Å². The van der Waals surface area contributed by atoms with Crippen molar-refractivity contribution in [1.29, 1.82) is 0 Å². The first-order valence-electron chi connectivity index (χ1n) is 9.01. The van der Waals surface area contributed by atoms with Crippen LogP contribution in [-0.4, -0.2) is 31.0 Å². The van der Waals surface area contributed by atoms with E-state index in [4.69, 9.17) is 38.1 Å². The number of furan rings is 1. The highest BCUT2D eigenvalue weighted by Crippen LogP contribution is 2.38. The first-order chi connectivity index (χ1) is 14.9. The van der Waals surface area contributed by atoms with Gasteiger partial charge in [0.15, 0.2) is 11.3 Å². The Morgan fingerprint density at radius 1 is 1.16 bits per heavy atom. The van der Waals surface area contributed by atoms with Gasteiger partial charge in [-0.1, -0.05) is 23.2 Å². The van der Waals surface area contributed by atoms with E-state index in [-0.39, 0.29) is 21.3 Å². The molecule has 2 aromatic carbocycles. The van der Waals surface area contributed by atoms with E-state index in [1.165, 1.54) is 24.5 Å². The maximum atomic E-state index is 13.3. The molecule has 0 bridgehead atoms. The average Bonchev–Trinajstić information content (AvgIpc) is 3.14. The van der Waals surface area contributed by atoms with E-state index in [1.807, 2.05) is 0 Å². The van der Waals surface area contributed by atoms with E-state index in [0.29, 0.717) is 33.3 Å². The molecule has 0 aliphatic heterocycles. The summed E-state index contributed by atoms with van der Waals surface area (Å²) in [6.45, 7) is 0. The summed E-state index contributed by atoms with van der Waals surface area (Å²) in [6, 6.07) is 8.01. The van der Waals surface area contributed by atoms with Gasteiger partial charge in [0.2, 0.25) is 5.91 Å². The van der Waals surface area contributed by atoms with Crippen LogP contribution in [0.2, 0.25) is 10.0 Å². The van der Waals surface area contributed by atoms with Crippen LogP contribution >= 0.6 is 23.2 Å². The third kappa shape index (κ3) is 3.44. The maximum Gasteiger partial charge on any atom is 0.272 e. The number of hydrazine groups is 1. The largest absolute Gasteiger partial charge is 0.493 e. The van der Waals surface area contributed by atoms with Crippen molar-refractivity contribution in [1.82, 2.24) is 10.4 Å². The van der Waals surface area contributed by atoms with Crippen LogP contribution in [0.1, 0.15) is 20.7 Å². The van der Waals surface area contributed by atoms with E-state index in [0.717, 1.165) is 0 Å². The lowest BCUT2D eigenvalue weighted by molar-refractivity contribution is 0.0975. The summed E-state index contributed by atoms with van der Waals surface area (Å²) >= 11 is 12.4. The molecule has 8 nitrogen and oxygen atoms in total. The minimum absolute atomic E-state index is 0.200. The Hall–Kier alpha value is -3.33. The number of nitrogens with zero attached hydrogens (tertiary/aromatic N) is 2. The molecular weight excluding hydrogens is 443 g/mol. The highest BCUT2D eigenvalue weighted by atomic mass is 35.5. The van der Waals surface area contributed by atoms with Gasteiger partial charge in [-0.2, -0.15) is 0 Å². The van der Waals surface area contributed by atoms with Crippen LogP contribution in [0.3, 0.4) is 0 Å². The van der Waals surface area contributed by atoms with Crippen molar-refractivity contribution in [2.24, 2.45) is 5.73 Å². The zero-order valence-corrected chi connectivity index (χ0v) is 17.9. The minimum Gasteiger partial charge on any atom is -0.493 e. The van der Waals surface area contributed by atoms with Gasteiger partial charge in [0.1, 0.15) is 11.3 Å². The molecule has 2 amide bonds. The van der Waals surface area contributed by atoms with Gasteiger partial charge < -0.3 is 14.9 Å².